The number of esters is 1. The van der Waals surface area contributed by atoms with Crippen LogP contribution in [0.1, 0.15) is 99.8 Å². The highest BCUT2D eigenvalue weighted by Gasteiger charge is 2.69. The third-order valence-electron chi connectivity index (χ3n) is 10.0. The SMILES string of the molecule is CC[C@@H](C)[C@@H](NC(=O)[C@@H](CC(C)C)NC(=O)CCC(=O)O[C@H]1O[C@H]2O[C@@]3(C)CC[C@H]4[C@H](C)CC[C@@H]([C@H]1C)[C@]24OO3)C(=O)O. The molecule has 2 amide bonds. The third-order valence-corrected chi connectivity index (χ3v) is 10.0. The maximum absolute atomic E-state index is 13.0. The first-order valence-electron chi connectivity index (χ1n) is 15.9. The molecule has 5 rings (SSSR count). The second-order valence-electron chi connectivity index (χ2n) is 13.7. The normalized spacial score (nSPS) is 36.9. The van der Waals surface area contributed by atoms with Crippen molar-refractivity contribution in [3.8, 4) is 0 Å². The summed E-state index contributed by atoms with van der Waals surface area (Å²) in [5.74, 6) is -3.55. The molecule has 1 aliphatic carbocycles. The highest BCUT2D eigenvalue weighted by Crippen LogP contribution is 2.60. The van der Waals surface area contributed by atoms with E-state index in [1.807, 2.05) is 34.6 Å². The molecule has 0 aromatic heterocycles. The van der Waals surface area contributed by atoms with Crippen LogP contribution in [0.2, 0.25) is 0 Å². The summed E-state index contributed by atoms with van der Waals surface area (Å²) in [6, 6.07) is -1.99. The van der Waals surface area contributed by atoms with E-state index in [0.717, 1.165) is 19.3 Å². The molecule has 12 nitrogen and oxygen atoms in total. The number of fused-ring (bicyclic) bond motifs is 2. The summed E-state index contributed by atoms with van der Waals surface area (Å²) in [6.07, 6.45) is 2.31. The van der Waals surface area contributed by atoms with E-state index in [-0.39, 0.29) is 42.4 Å². The van der Waals surface area contributed by atoms with Crippen molar-refractivity contribution in [3.63, 3.8) is 0 Å². The quantitative estimate of drug-likeness (QED) is 0.220. The molecule has 5 aliphatic rings. The molecular weight excluding hydrogens is 560 g/mol. The zero-order valence-corrected chi connectivity index (χ0v) is 26.6. The fourth-order valence-electron chi connectivity index (χ4n) is 7.32. The van der Waals surface area contributed by atoms with Crippen molar-refractivity contribution in [2.24, 2.45) is 35.5 Å². The van der Waals surface area contributed by atoms with Gasteiger partial charge in [0.1, 0.15) is 12.1 Å². The van der Waals surface area contributed by atoms with Gasteiger partial charge in [-0.05, 0) is 56.3 Å². The van der Waals surface area contributed by atoms with Crippen molar-refractivity contribution in [1.82, 2.24) is 10.6 Å². The Kier molecular flexibility index (Phi) is 10.5. The number of carboxylic acid groups (broad SMARTS) is 1. The standard InChI is InChI=1S/C31H50N2O10/c1-8-17(4)25(27(37)38)33-26(36)22(15-16(2)3)32-23(34)11-12-24(35)39-28-19(6)21-10-9-18(5)20-13-14-30(7)41-29(40-28)31(20,21)43-42-30/h16-22,25,28-29H,8-15H2,1-7H3,(H,32,34)(H,33,36)(H,37,38)/t17-,18-,19-,20+,21+,22-,25-,28+,29+,30-,31+/m1/s1. The molecule has 4 aliphatic heterocycles. The summed E-state index contributed by atoms with van der Waals surface area (Å²) in [7, 11) is 0. The van der Waals surface area contributed by atoms with Gasteiger partial charge in [-0.15, -0.1) is 0 Å². The average molecular weight is 611 g/mol. The van der Waals surface area contributed by atoms with Gasteiger partial charge in [-0.25, -0.2) is 14.6 Å². The molecule has 244 valence electrons. The van der Waals surface area contributed by atoms with Gasteiger partial charge in [0, 0.05) is 24.7 Å². The molecule has 0 radical (unpaired) electrons. The second kappa shape index (κ2) is 13.4. The van der Waals surface area contributed by atoms with Crippen LogP contribution in [-0.2, 0) is 43.2 Å². The second-order valence-corrected chi connectivity index (χ2v) is 13.7. The van der Waals surface area contributed by atoms with Gasteiger partial charge in [0.05, 0.1) is 6.42 Å². The Hall–Kier alpha value is -2.28. The van der Waals surface area contributed by atoms with Crippen molar-refractivity contribution in [3.05, 3.63) is 0 Å². The molecule has 2 bridgehead atoms. The number of carboxylic acids is 1. The van der Waals surface area contributed by atoms with Gasteiger partial charge in [-0.3, -0.25) is 14.4 Å². The van der Waals surface area contributed by atoms with Crippen molar-refractivity contribution < 1.29 is 48.3 Å². The van der Waals surface area contributed by atoms with Crippen LogP contribution in [0.15, 0.2) is 0 Å². The topological polar surface area (TPSA) is 159 Å². The summed E-state index contributed by atoms with van der Waals surface area (Å²) in [6.45, 7) is 13.4. The minimum absolute atomic E-state index is 0.00319. The monoisotopic (exact) mass is 610 g/mol. The fraction of sp³-hybridized carbons (Fsp3) is 0.871. The van der Waals surface area contributed by atoms with Crippen molar-refractivity contribution >= 4 is 23.8 Å². The third kappa shape index (κ3) is 7.02. The number of carbonyl (C=O) groups excluding carboxylic acids is 3. The van der Waals surface area contributed by atoms with E-state index < -0.39 is 59.8 Å². The van der Waals surface area contributed by atoms with E-state index in [0.29, 0.717) is 25.2 Å². The maximum Gasteiger partial charge on any atom is 0.326 e. The van der Waals surface area contributed by atoms with E-state index in [9.17, 15) is 24.3 Å². The predicted molar refractivity (Wildman–Crippen MR) is 153 cm³/mol. The number of amides is 2. The first-order valence-corrected chi connectivity index (χ1v) is 15.9. The minimum atomic E-state index is -1.13. The van der Waals surface area contributed by atoms with Crippen LogP contribution in [0.4, 0.5) is 0 Å². The van der Waals surface area contributed by atoms with Crippen LogP contribution >= 0.6 is 0 Å². The number of aliphatic carboxylic acids is 1. The lowest BCUT2D eigenvalue weighted by atomic mass is 9.58. The van der Waals surface area contributed by atoms with Crippen LogP contribution in [0.25, 0.3) is 0 Å². The molecule has 43 heavy (non-hydrogen) atoms. The van der Waals surface area contributed by atoms with Crippen molar-refractivity contribution in [1.29, 1.82) is 0 Å². The zero-order chi connectivity index (χ0) is 31.7. The Morgan fingerprint density at radius 3 is 2.37 bits per heavy atom. The molecule has 11 atom stereocenters. The van der Waals surface area contributed by atoms with Crippen LogP contribution in [-0.4, -0.2) is 64.9 Å². The van der Waals surface area contributed by atoms with E-state index in [2.05, 4.69) is 17.6 Å². The van der Waals surface area contributed by atoms with Crippen molar-refractivity contribution in [2.45, 2.75) is 136 Å². The van der Waals surface area contributed by atoms with Crippen LogP contribution in [0, 0.1) is 35.5 Å². The van der Waals surface area contributed by atoms with Gasteiger partial charge in [0.2, 0.25) is 23.9 Å². The Morgan fingerprint density at radius 1 is 1.00 bits per heavy atom. The lowest BCUT2D eigenvalue weighted by Crippen LogP contribution is -2.70. The molecule has 0 unspecified atom stereocenters. The molecule has 4 saturated heterocycles. The molecule has 12 heteroatoms. The van der Waals surface area contributed by atoms with Crippen LogP contribution in [0.3, 0.4) is 0 Å². The summed E-state index contributed by atoms with van der Waals surface area (Å²) < 4.78 is 18.4. The number of rotatable bonds is 12. The van der Waals surface area contributed by atoms with Crippen LogP contribution in [0.5, 0.6) is 0 Å². The van der Waals surface area contributed by atoms with Gasteiger partial charge in [-0.1, -0.05) is 48.0 Å². The number of nitrogens with one attached hydrogen (secondary N) is 2. The summed E-state index contributed by atoms with van der Waals surface area (Å²) in [5.41, 5.74) is -0.767. The van der Waals surface area contributed by atoms with E-state index in [1.165, 1.54) is 0 Å². The Balaban J connectivity index is 1.35. The van der Waals surface area contributed by atoms with Gasteiger partial charge in [0.25, 0.3) is 0 Å². The first kappa shape index (κ1) is 33.6. The van der Waals surface area contributed by atoms with Gasteiger partial charge in [-0.2, -0.15) is 0 Å². The Morgan fingerprint density at radius 2 is 1.72 bits per heavy atom. The number of hydrogen-bond donors (Lipinski definition) is 3. The molecular formula is C31H50N2O10. The summed E-state index contributed by atoms with van der Waals surface area (Å²) >= 11 is 0. The molecule has 4 heterocycles. The molecule has 5 fully saturated rings. The Bertz CT molecular complexity index is 1050. The fourth-order valence-corrected chi connectivity index (χ4v) is 7.32. The summed E-state index contributed by atoms with van der Waals surface area (Å²) in [4.78, 5) is 62.4. The predicted octanol–water partition coefficient (Wildman–Crippen LogP) is 3.66. The van der Waals surface area contributed by atoms with Gasteiger partial charge < -0.3 is 30.0 Å². The maximum atomic E-state index is 13.0. The number of hydrogen-bond acceptors (Lipinski definition) is 9. The van der Waals surface area contributed by atoms with E-state index in [4.69, 9.17) is 24.0 Å². The molecule has 0 aromatic rings. The molecule has 0 aromatic carbocycles. The average Bonchev–Trinajstić information content (AvgIpc) is 3.17. The van der Waals surface area contributed by atoms with Crippen LogP contribution < -0.4 is 10.6 Å². The van der Waals surface area contributed by atoms with E-state index in [1.54, 1.807) is 6.92 Å². The van der Waals surface area contributed by atoms with Crippen molar-refractivity contribution in [2.75, 3.05) is 0 Å². The Labute approximate surface area is 254 Å². The largest absolute Gasteiger partial charge is 0.480 e. The minimum Gasteiger partial charge on any atom is -0.480 e. The molecule has 3 N–H and O–H groups in total. The highest BCUT2D eigenvalue weighted by molar-refractivity contribution is 5.91. The number of ether oxygens (including phenoxy) is 3. The number of carbonyl (C=O) groups is 4. The summed E-state index contributed by atoms with van der Waals surface area (Å²) in [5, 5.41) is 14.8. The smallest absolute Gasteiger partial charge is 0.326 e. The molecule has 1 spiro atoms. The highest BCUT2D eigenvalue weighted by atomic mass is 17.3. The van der Waals surface area contributed by atoms with Gasteiger partial charge >= 0.3 is 11.9 Å². The molecule has 1 saturated carbocycles. The lowest BCUT2D eigenvalue weighted by molar-refractivity contribution is -0.576. The van der Waals surface area contributed by atoms with E-state index >= 15 is 0 Å². The zero-order valence-electron chi connectivity index (χ0n) is 26.6. The lowest BCUT2D eigenvalue weighted by Gasteiger charge is -2.59. The van der Waals surface area contributed by atoms with Gasteiger partial charge in [0.15, 0.2) is 11.9 Å². The first-order chi connectivity index (χ1) is 20.2.